The van der Waals surface area contributed by atoms with E-state index in [0.29, 0.717) is 0 Å². The molecule has 0 saturated carbocycles. The summed E-state index contributed by atoms with van der Waals surface area (Å²) in [6.45, 7) is 4.43. The second-order valence-electron chi connectivity index (χ2n) is 2.84. The predicted molar refractivity (Wildman–Crippen MR) is 78.0 cm³/mol. The van der Waals surface area contributed by atoms with E-state index in [9.17, 15) is 0 Å². The summed E-state index contributed by atoms with van der Waals surface area (Å²) < 4.78 is -1.39. The van der Waals surface area contributed by atoms with E-state index in [1.54, 1.807) is 0 Å². The summed E-state index contributed by atoms with van der Waals surface area (Å²) in [6.07, 6.45) is 5.07. The van der Waals surface area contributed by atoms with Crippen LogP contribution in [0.15, 0.2) is 0 Å². The number of hydrogen-bond acceptors (Lipinski definition) is 3. The van der Waals surface area contributed by atoms with Gasteiger partial charge in [-0.1, -0.05) is 38.5 Å². The third-order valence-electron chi connectivity index (χ3n) is 1.50. The second kappa shape index (κ2) is 8.96. The number of unbranched alkanes of at least 4 members (excludes halogenated alkanes) is 2. The van der Waals surface area contributed by atoms with Gasteiger partial charge in [0.25, 0.3) is 0 Å². The lowest BCUT2D eigenvalue weighted by Gasteiger charge is -2.13. The molecule has 0 nitrogen and oxygen atoms in total. The van der Waals surface area contributed by atoms with E-state index in [0.717, 1.165) is 0 Å². The van der Waals surface area contributed by atoms with Crippen molar-refractivity contribution in [3.63, 3.8) is 0 Å². The normalized spacial score (nSPS) is 11.9. The lowest BCUT2D eigenvalue weighted by molar-refractivity contribution is 0.898. The standard InChI is InChI=1S/C8H19PS4/c1-3-5-7-12-9(10,11)13-8-6-4-2/h3-8H2,1-2H3,(H,10,11). The highest BCUT2D eigenvalue weighted by Gasteiger charge is 2.11. The van der Waals surface area contributed by atoms with Crippen molar-refractivity contribution in [1.29, 1.82) is 0 Å². The van der Waals surface area contributed by atoms with Crippen LogP contribution in [0.1, 0.15) is 39.5 Å². The van der Waals surface area contributed by atoms with Gasteiger partial charge in [0.05, 0.1) is 0 Å². The SMILES string of the molecule is CCCCSP(=S)(S)SCCCC. The minimum atomic E-state index is -1.39. The Morgan fingerprint density at radius 3 is 1.77 bits per heavy atom. The van der Waals surface area contributed by atoms with Crippen molar-refractivity contribution < 1.29 is 0 Å². The Kier molecular flexibility index (Phi) is 10.1. The summed E-state index contributed by atoms with van der Waals surface area (Å²) in [4.78, 5) is 0. The van der Waals surface area contributed by atoms with Crippen LogP contribution >= 0.6 is 38.7 Å². The highest BCUT2D eigenvalue weighted by Crippen LogP contribution is 2.73. The molecule has 0 aromatic rings. The summed E-state index contributed by atoms with van der Waals surface area (Å²) in [5.74, 6) is 2.38. The first-order valence-electron chi connectivity index (χ1n) is 4.74. The van der Waals surface area contributed by atoms with E-state index in [-0.39, 0.29) is 0 Å². The van der Waals surface area contributed by atoms with Gasteiger partial charge in [-0.3, -0.25) is 0 Å². The van der Waals surface area contributed by atoms with E-state index in [1.807, 2.05) is 22.8 Å². The van der Waals surface area contributed by atoms with E-state index in [4.69, 9.17) is 11.8 Å². The Hall–Kier alpha value is 1.70. The van der Waals surface area contributed by atoms with Crippen molar-refractivity contribution in [2.24, 2.45) is 0 Å². The third kappa shape index (κ3) is 9.99. The van der Waals surface area contributed by atoms with Crippen LogP contribution in [0.5, 0.6) is 0 Å². The molecular weight excluding hydrogens is 255 g/mol. The molecule has 80 valence electrons. The fraction of sp³-hybridized carbons (Fsp3) is 1.00. The van der Waals surface area contributed by atoms with E-state index >= 15 is 0 Å². The highest BCUT2D eigenvalue weighted by atomic mass is 33.5. The third-order valence-corrected chi connectivity index (χ3v) is 12.0. The number of thiol groups is 1. The highest BCUT2D eigenvalue weighted by molar-refractivity contribution is 9.20. The molecule has 0 heterocycles. The van der Waals surface area contributed by atoms with Crippen LogP contribution in [0, 0.1) is 0 Å². The van der Waals surface area contributed by atoms with Crippen LogP contribution in [0.4, 0.5) is 0 Å². The molecule has 0 aromatic heterocycles. The van der Waals surface area contributed by atoms with Gasteiger partial charge in [0.1, 0.15) is 3.64 Å². The maximum atomic E-state index is 5.47. The lowest BCUT2D eigenvalue weighted by Crippen LogP contribution is -1.77. The zero-order chi connectivity index (χ0) is 10.2. The Morgan fingerprint density at radius 2 is 1.46 bits per heavy atom. The van der Waals surface area contributed by atoms with Crippen molar-refractivity contribution in [2.45, 2.75) is 39.5 Å². The summed E-state index contributed by atoms with van der Waals surface area (Å²) in [5.41, 5.74) is 0. The molecule has 0 radical (unpaired) electrons. The van der Waals surface area contributed by atoms with E-state index in [1.165, 1.54) is 37.2 Å². The van der Waals surface area contributed by atoms with Gasteiger partial charge in [-0.25, -0.2) is 0 Å². The Labute approximate surface area is 101 Å². The Morgan fingerprint density at radius 1 is 1.08 bits per heavy atom. The number of rotatable bonds is 8. The zero-order valence-corrected chi connectivity index (χ0v) is 12.6. The zero-order valence-electron chi connectivity index (χ0n) is 8.36. The molecule has 0 aliphatic rings. The summed E-state index contributed by atoms with van der Waals surface area (Å²) >= 11 is 13.9. The first-order chi connectivity index (χ1) is 6.12. The molecule has 0 fully saturated rings. The van der Waals surface area contributed by atoms with Gasteiger partial charge in [-0.05, 0) is 24.3 Å². The van der Waals surface area contributed by atoms with Gasteiger partial charge < -0.3 is 0 Å². The monoisotopic (exact) mass is 274 g/mol. The molecular formula is C8H19PS4. The summed E-state index contributed by atoms with van der Waals surface area (Å²) in [6, 6.07) is 0. The van der Waals surface area contributed by atoms with Crippen molar-refractivity contribution in [2.75, 3.05) is 11.5 Å². The largest absolute Gasteiger partial charge is 0.122 e. The predicted octanol–water partition coefficient (Wildman–Crippen LogP) is 5.21. The first-order valence-corrected chi connectivity index (χ1v) is 11.9. The van der Waals surface area contributed by atoms with Crippen LogP contribution in [0.3, 0.4) is 0 Å². The maximum Gasteiger partial charge on any atom is 0.106 e. The molecule has 0 saturated heterocycles. The van der Waals surface area contributed by atoms with Crippen molar-refractivity contribution in [1.82, 2.24) is 0 Å². The van der Waals surface area contributed by atoms with E-state index < -0.39 is 3.64 Å². The molecule has 0 bridgehead atoms. The molecule has 0 N–H and O–H groups in total. The van der Waals surface area contributed by atoms with Crippen LogP contribution < -0.4 is 0 Å². The molecule has 0 aliphatic heterocycles. The van der Waals surface area contributed by atoms with Crippen LogP contribution in [-0.2, 0) is 11.8 Å². The average molecular weight is 274 g/mol. The van der Waals surface area contributed by atoms with Gasteiger partial charge in [0, 0.05) is 0 Å². The minimum Gasteiger partial charge on any atom is -0.122 e. The molecule has 0 aromatic carbocycles. The average Bonchev–Trinajstić information content (AvgIpc) is 2.05. The topological polar surface area (TPSA) is 0 Å². The van der Waals surface area contributed by atoms with Crippen molar-refractivity contribution in [3.8, 4) is 0 Å². The molecule has 0 rings (SSSR count). The Bertz CT molecular complexity index is 146. The van der Waals surface area contributed by atoms with Gasteiger partial charge >= 0.3 is 0 Å². The van der Waals surface area contributed by atoms with Crippen molar-refractivity contribution in [3.05, 3.63) is 0 Å². The van der Waals surface area contributed by atoms with Gasteiger partial charge in [0.15, 0.2) is 0 Å². The van der Waals surface area contributed by atoms with Gasteiger partial charge in [-0.2, -0.15) is 0 Å². The van der Waals surface area contributed by atoms with Crippen LogP contribution in [0.2, 0.25) is 0 Å². The molecule has 0 aliphatic carbocycles. The quantitative estimate of drug-likeness (QED) is 0.367. The van der Waals surface area contributed by atoms with Gasteiger partial charge in [-0.15, -0.1) is 35.0 Å². The molecule has 0 unspecified atom stereocenters. The minimum absolute atomic E-state index is 1.19. The van der Waals surface area contributed by atoms with Gasteiger partial charge in [0.2, 0.25) is 0 Å². The molecule has 5 heteroatoms. The summed E-state index contributed by atoms with van der Waals surface area (Å²) in [5, 5.41) is 0. The first kappa shape index (κ1) is 14.7. The molecule has 0 spiro atoms. The fourth-order valence-corrected chi connectivity index (χ4v) is 9.26. The molecule has 0 atom stereocenters. The smallest absolute Gasteiger partial charge is 0.106 e. The second-order valence-corrected chi connectivity index (χ2v) is 17.9. The molecule has 13 heavy (non-hydrogen) atoms. The maximum absolute atomic E-state index is 5.47. The summed E-state index contributed by atoms with van der Waals surface area (Å²) in [7, 11) is 0. The van der Waals surface area contributed by atoms with Crippen molar-refractivity contribution >= 4 is 50.5 Å². The molecule has 0 amide bonds. The lowest BCUT2D eigenvalue weighted by atomic mass is 10.4. The Balaban J connectivity index is 3.49. The number of hydrogen-bond donors (Lipinski definition) is 1. The van der Waals surface area contributed by atoms with E-state index in [2.05, 4.69) is 26.1 Å². The van der Waals surface area contributed by atoms with Crippen LogP contribution in [-0.4, -0.2) is 11.5 Å². The fourth-order valence-electron chi connectivity index (χ4n) is 0.686. The van der Waals surface area contributed by atoms with Crippen LogP contribution in [0.25, 0.3) is 0 Å².